The number of nitrogens with one attached hydrogen (secondary N) is 1. The van der Waals surface area contributed by atoms with Crippen molar-refractivity contribution < 1.29 is 13.2 Å². The summed E-state index contributed by atoms with van der Waals surface area (Å²) in [5, 5.41) is 2.55. The molecule has 17 heavy (non-hydrogen) atoms. The summed E-state index contributed by atoms with van der Waals surface area (Å²) in [5.41, 5.74) is 1.43. The van der Waals surface area contributed by atoms with Crippen LogP contribution in [0.4, 0.5) is 5.69 Å². The molecule has 0 atom stereocenters. The Kier molecular flexibility index (Phi) is 3.84. The highest BCUT2D eigenvalue weighted by Gasteiger charge is 2.40. The molecular formula is C11H14ClNO3S. The number of carbonyl (C=O) groups excluding carboxylic acids is 1. The molecule has 1 aromatic rings. The van der Waals surface area contributed by atoms with Gasteiger partial charge in [0.05, 0.1) is 0 Å². The van der Waals surface area contributed by atoms with Gasteiger partial charge in [-0.25, -0.2) is 8.42 Å². The molecule has 1 amide bonds. The fourth-order valence-corrected chi connectivity index (χ4v) is 1.58. The van der Waals surface area contributed by atoms with Gasteiger partial charge in [-0.15, -0.1) is 0 Å². The number of rotatable bonds is 3. The Hall–Kier alpha value is -1.07. The van der Waals surface area contributed by atoms with Gasteiger partial charge in [0.2, 0.25) is 15.0 Å². The number of carbonyl (C=O) groups is 1. The highest BCUT2D eigenvalue weighted by atomic mass is 35.7. The van der Waals surface area contributed by atoms with Crippen LogP contribution in [-0.2, 0) is 13.8 Å². The first-order chi connectivity index (χ1) is 7.66. The van der Waals surface area contributed by atoms with Crippen LogP contribution < -0.4 is 5.32 Å². The first kappa shape index (κ1) is 14.0. The zero-order valence-corrected chi connectivity index (χ0v) is 11.4. The molecule has 94 valence electrons. The van der Waals surface area contributed by atoms with Crippen LogP contribution in [0.5, 0.6) is 0 Å². The molecule has 4 nitrogen and oxygen atoms in total. The smallest absolute Gasteiger partial charge is 0.246 e. The molecule has 0 fully saturated rings. The van der Waals surface area contributed by atoms with Crippen molar-refractivity contribution in [2.24, 2.45) is 0 Å². The fraction of sp³-hybridized carbons (Fsp3) is 0.364. The predicted molar refractivity (Wildman–Crippen MR) is 68.7 cm³/mol. The van der Waals surface area contributed by atoms with Crippen LogP contribution in [0.3, 0.4) is 0 Å². The van der Waals surface area contributed by atoms with Gasteiger partial charge in [0.1, 0.15) is 0 Å². The number of hydrogen-bond acceptors (Lipinski definition) is 3. The molecule has 0 unspecified atom stereocenters. The second-order valence-corrected chi connectivity index (χ2v) is 7.33. The van der Waals surface area contributed by atoms with Crippen molar-refractivity contribution in [2.45, 2.75) is 25.5 Å². The number of amides is 1. The highest BCUT2D eigenvalue weighted by Crippen LogP contribution is 2.23. The first-order valence-electron chi connectivity index (χ1n) is 4.97. The molecule has 1 N–H and O–H groups in total. The highest BCUT2D eigenvalue weighted by molar-refractivity contribution is 8.15. The zero-order valence-electron chi connectivity index (χ0n) is 9.82. The maximum absolute atomic E-state index is 11.9. The van der Waals surface area contributed by atoms with Crippen molar-refractivity contribution in [1.82, 2.24) is 0 Å². The molecule has 0 bridgehead atoms. The van der Waals surface area contributed by atoms with E-state index in [4.69, 9.17) is 10.7 Å². The van der Waals surface area contributed by atoms with Gasteiger partial charge in [-0.3, -0.25) is 4.79 Å². The van der Waals surface area contributed by atoms with Crippen molar-refractivity contribution in [3.63, 3.8) is 0 Å². The number of aryl methyl sites for hydroxylation is 1. The molecule has 0 aliphatic heterocycles. The largest absolute Gasteiger partial charge is 0.324 e. The molecule has 6 heteroatoms. The van der Waals surface area contributed by atoms with E-state index in [2.05, 4.69) is 5.32 Å². The molecule has 0 aliphatic carbocycles. The van der Waals surface area contributed by atoms with Crippen molar-refractivity contribution >= 4 is 31.3 Å². The summed E-state index contributed by atoms with van der Waals surface area (Å²) in [6, 6.07) is 7.10. The molecule has 1 rings (SSSR count). The minimum absolute atomic E-state index is 0.575. The molecule has 0 saturated carbocycles. The van der Waals surface area contributed by atoms with Crippen LogP contribution in [-0.4, -0.2) is 19.1 Å². The van der Waals surface area contributed by atoms with Crippen LogP contribution in [0.2, 0.25) is 0 Å². The quantitative estimate of drug-likeness (QED) is 0.861. The van der Waals surface area contributed by atoms with Crippen molar-refractivity contribution in [2.75, 3.05) is 5.32 Å². The summed E-state index contributed by atoms with van der Waals surface area (Å²) < 4.78 is 20.9. The van der Waals surface area contributed by atoms with E-state index in [1.807, 2.05) is 19.1 Å². The SMILES string of the molecule is Cc1ccccc1NC(=O)C(C)(C)S(=O)(=O)Cl. The van der Waals surface area contributed by atoms with Crippen LogP contribution in [0.15, 0.2) is 24.3 Å². The molecule has 1 aromatic carbocycles. The van der Waals surface area contributed by atoms with Crippen molar-refractivity contribution in [3.05, 3.63) is 29.8 Å². The minimum Gasteiger partial charge on any atom is -0.324 e. The van der Waals surface area contributed by atoms with E-state index in [1.54, 1.807) is 12.1 Å². The zero-order chi connectivity index (χ0) is 13.3. The third kappa shape index (κ3) is 2.98. The number of anilines is 1. The van der Waals surface area contributed by atoms with Crippen LogP contribution in [0.1, 0.15) is 19.4 Å². The van der Waals surface area contributed by atoms with Gasteiger partial charge in [0, 0.05) is 16.4 Å². The Bertz CT molecular complexity index is 537. The lowest BCUT2D eigenvalue weighted by Crippen LogP contribution is -2.42. The van der Waals surface area contributed by atoms with E-state index in [1.165, 1.54) is 13.8 Å². The van der Waals surface area contributed by atoms with Crippen molar-refractivity contribution in [3.8, 4) is 0 Å². The second kappa shape index (κ2) is 4.66. The summed E-state index contributed by atoms with van der Waals surface area (Å²) in [6.45, 7) is 4.35. The van der Waals surface area contributed by atoms with Gasteiger partial charge in [0.15, 0.2) is 4.75 Å². The third-order valence-corrected chi connectivity index (χ3v) is 5.11. The van der Waals surface area contributed by atoms with Gasteiger partial charge in [-0.05, 0) is 32.4 Å². The predicted octanol–water partition coefficient (Wildman–Crippen LogP) is 2.28. The van der Waals surface area contributed by atoms with Crippen LogP contribution >= 0.6 is 10.7 Å². The van der Waals surface area contributed by atoms with Gasteiger partial charge < -0.3 is 5.32 Å². The maximum Gasteiger partial charge on any atom is 0.246 e. The number of para-hydroxylation sites is 1. The van der Waals surface area contributed by atoms with E-state index in [-0.39, 0.29) is 0 Å². The third-order valence-electron chi connectivity index (χ3n) is 2.55. The summed E-state index contributed by atoms with van der Waals surface area (Å²) in [5.74, 6) is -0.651. The molecule has 0 aliphatic rings. The van der Waals surface area contributed by atoms with E-state index in [0.29, 0.717) is 5.69 Å². The standard InChI is InChI=1S/C11H14ClNO3S/c1-8-6-4-5-7-9(8)13-10(14)11(2,3)17(12,15)16/h4-7H,1-3H3,(H,13,14). The Labute approximate surface area is 105 Å². The summed E-state index contributed by atoms with van der Waals surface area (Å²) in [7, 11) is 1.26. The molecule has 0 heterocycles. The van der Waals surface area contributed by atoms with Crippen LogP contribution in [0, 0.1) is 6.92 Å². The Morgan fingerprint density at radius 2 is 1.82 bits per heavy atom. The average Bonchev–Trinajstić information content (AvgIpc) is 2.19. The van der Waals surface area contributed by atoms with E-state index < -0.39 is 19.7 Å². The molecular weight excluding hydrogens is 262 g/mol. The summed E-state index contributed by atoms with van der Waals surface area (Å²) >= 11 is 0. The second-order valence-electron chi connectivity index (χ2n) is 4.22. The lowest BCUT2D eigenvalue weighted by Gasteiger charge is -2.20. The minimum atomic E-state index is -3.97. The summed E-state index contributed by atoms with van der Waals surface area (Å²) in [4.78, 5) is 11.9. The number of halogens is 1. The fourth-order valence-electron chi connectivity index (χ4n) is 1.10. The normalized spacial score (nSPS) is 12.2. The molecule has 0 spiro atoms. The Balaban J connectivity index is 2.99. The summed E-state index contributed by atoms with van der Waals surface area (Å²) in [6.07, 6.45) is 0. The monoisotopic (exact) mass is 275 g/mol. The van der Waals surface area contributed by atoms with Crippen LogP contribution in [0.25, 0.3) is 0 Å². The van der Waals surface area contributed by atoms with Crippen molar-refractivity contribution in [1.29, 1.82) is 0 Å². The molecule has 0 radical (unpaired) electrons. The van der Waals surface area contributed by atoms with E-state index in [9.17, 15) is 13.2 Å². The lowest BCUT2D eigenvalue weighted by atomic mass is 10.1. The number of benzene rings is 1. The topological polar surface area (TPSA) is 63.2 Å². The Morgan fingerprint density at radius 3 is 2.29 bits per heavy atom. The van der Waals surface area contributed by atoms with Gasteiger partial charge in [-0.2, -0.15) is 0 Å². The van der Waals surface area contributed by atoms with E-state index in [0.717, 1.165) is 5.56 Å². The van der Waals surface area contributed by atoms with Gasteiger partial charge >= 0.3 is 0 Å². The average molecular weight is 276 g/mol. The number of hydrogen-bond donors (Lipinski definition) is 1. The van der Waals surface area contributed by atoms with Gasteiger partial charge in [-0.1, -0.05) is 18.2 Å². The van der Waals surface area contributed by atoms with Gasteiger partial charge in [0.25, 0.3) is 0 Å². The molecule has 0 saturated heterocycles. The first-order valence-corrected chi connectivity index (χ1v) is 7.28. The van der Waals surface area contributed by atoms with E-state index >= 15 is 0 Å². The lowest BCUT2D eigenvalue weighted by molar-refractivity contribution is -0.117. The molecule has 0 aromatic heterocycles. The maximum atomic E-state index is 11.9. The Morgan fingerprint density at radius 1 is 1.29 bits per heavy atom.